The van der Waals surface area contributed by atoms with Gasteiger partial charge in [-0.15, -0.1) is 0 Å². The number of carbonyl (C=O) groups excluding carboxylic acids is 2. The lowest BCUT2D eigenvalue weighted by Crippen LogP contribution is -2.38. The van der Waals surface area contributed by atoms with Crippen LogP contribution in [0.3, 0.4) is 0 Å². The predicted molar refractivity (Wildman–Crippen MR) is 95.9 cm³/mol. The van der Waals surface area contributed by atoms with Crippen molar-refractivity contribution in [3.63, 3.8) is 0 Å². The maximum Gasteiger partial charge on any atom is 0.253 e. The van der Waals surface area contributed by atoms with Crippen molar-refractivity contribution in [1.29, 1.82) is 0 Å². The second-order valence-corrected chi connectivity index (χ2v) is 7.25. The van der Waals surface area contributed by atoms with Crippen molar-refractivity contribution in [1.82, 2.24) is 5.32 Å². The number of nitrogens with zero attached hydrogens (tertiary/aromatic N) is 1. The number of carbonyl (C=O) groups is 2. The Morgan fingerprint density at radius 1 is 1.12 bits per heavy atom. The number of hydrogen-bond donors (Lipinski definition) is 2. The topological polar surface area (TPSA) is 70.7 Å². The zero-order valence-electron chi connectivity index (χ0n) is 14.4. The summed E-state index contributed by atoms with van der Waals surface area (Å²) < 4.78 is 5.43. The van der Waals surface area contributed by atoms with Gasteiger partial charge in [-0.25, -0.2) is 0 Å². The van der Waals surface area contributed by atoms with Crippen LogP contribution in [-0.2, 0) is 9.53 Å². The minimum Gasteiger partial charge on any atom is -0.378 e. The van der Waals surface area contributed by atoms with Crippen LogP contribution in [0, 0.1) is 11.8 Å². The van der Waals surface area contributed by atoms with Gasteiger partial charge in [-0.05, 0) is 49.8 Å². The van der Waals surface area contributed by atoms with Crippen LogP contribution in [0.15, 0.2) is 18.2 Å². The third-order valence-corrected chi connectivity index (χ3v) is 5.06. The van der Waals surface area contributed by atoms with Gasteiger partial charge in [0, 0.05) is 31.2 Å². The van der Waals surface area contributed by atoms with Gasteiger partial charge in [0.2, 0.25) is 5.91 Å². The summed E-state index contributed by atoms with van der Waals surface area (Å²) >= 11 is 0. The summed E-state index contributed by atoms with van der Waals surface area (Å²) in [6, 6.07) is 5.59. The van der Waals surface area contributed by atoms with Crippen LogP contribution in [0.2, 0.25) is 0 Å². The molecule has 1 saturated heterocycles. The SMILES string of the molecule is O=C(NCC1CC1)c1ccc(NC(=O)C2CC2)cc1N1CCOCC1. The molecule has 0 atom stereocenters. The lowest BCUT2D eigenvalue weighted by Gasteiger charge is -2.30. The van der Waals surface area contributed by atoms with E-state index in [1.807, 2.05) is 18.2 Å². The molecule has 1 aromatic rings. The summed E-state index contributed by atoms with van der Waals surface area (Å²) in [5.74, 6) is 0.855. The highest BCUT2D eigenvalue weighted by atomic mass is 16.5. The largest absolute Gasteiger partial charge is 0.378 e. The van der Waals surface area contributed by atoms with Crippen LogP contribution < -0.4 is 15.5 Å². The molecule has 1 aromatic carbocycles. The van der Waals surface area contributed by atoms with E-state index < -0.39 is 0 Å². The number of benzene rings is 1. The molecular formula is C19H25N3O3. The third-order valence-electron chi connectivity index (χ3n) is 5.06. The quantitative estimate of drug-likeness (QED) is 0.829. The molecule has 6 nitrogen and oxygen atoms in total. The van der Waals surface area contributed by atoms with Gasteiger partial charge in [0.15, 0.2) is 0 Å². The molecule has 1 heterocycles. The van der Waals surface area contributed by atoms with E-state index in [0.717, 1.165) is 43.9 Å². The molecule has 2 N–H and O–H groups in total. The Labute approximate surface area is 147 Å². The van der Waals surface area contributed by atoms with E-state index in [4.69, 9.17) is 4.74 Å². The van der Waals surface area contributed by atoms with Crippen molar-refractivity contribution in [2.45, 2.75) is 25.7 Å². The highest BCUT2D eigenvalue weighted by molar-refractivity contribution is 6.02. The molecule has 2 saturated carbocycles. The fourth-order valence-corrected chi connectivity index (χ4v) is 3.11. The van der Waals surface area contributed by atoms with Crippen LogP contribution in [0.4, 0.5) is 11.4 Å². The van der Waals surface area contributed by atoms with Crippen LogP contribution in [0.5, 0.6) is 0 Å². The second kappa shape index (κ2) is 7.04. The highest BCUT2D eigenvalue weighted by Gasteiger charge is 2.30. The summed E-state index contributed by atoms with van der Waals surface area (Å²) in [5.41, 5.74) is 2.31. The van der Waals surface area contributed by atoms with Gasteiger partial charge in [0.05, 0.1) is 24.5 Å². The normalized spacial score (nSPS) is 20.2. The Hall–Kier alpha value is -2.08. The standard InChI is InChI=1S/C19H25N3O3/c23-18(14-3-4-14)21-15-5-6-16(19(24)20-12-13-1-2-13)17(11-15)22-7-9-25-10-8-22/h5-6,11,13-14H,1-4,7-10,12H2,(H,20,24)(H,21,23). The van der Waals surface area contributed by atoms with Crippen LogP contribution in [-0.4, -0.2) is 44.7 Å². The zero-order chi connectivity index (χ0) is 17.2. The number of ether oxygens (including phenoxy) is 1. The second-order valence-electron chi connectivity index (χ2n) is 7.25. The van der Waals surface area contributed by atoms with E-state index in [1.165, 1.54) is 12.8 Å². The van der Waals surface area contributed by atoms with Gasteiger partial charge in [-0.1, -0.05) is 0 Å². The van der Waals surface area contributed by atoms with Crippen molar-refractivity contribution in [3.05, 3.63) is 23.8 Å². The van der Waals surface area contributed by atoms with Gasteiger partial charge in [-0.2, -0.15) is 0 Å². The van der Waals surface area contributed by atoms with Gasteiger partial charge >= 0.3 is 0 Å². The molecule has 6 heteroatoms. The maximum absolute atomic E-state index is 12.6. The number of morpholine rings is 1. The van der Waals surface area contributed by atoms with Crippen LogP contribution in [0.25, 0.3) is 0 Å². The first-order valence-electron chi connectivity index (χ1n) is 9.26. The van der Waals surface area contributed by atoms with Crippen LogP contribution in [0.1, 0.15) is 36.0 Å². The van der Waals surface area contributed by atoms with E-state index in [0.29, 0.717) is 24.7 Å². The average molecular weight is 343 g/mol. The Morgan fingerprint density at radius 3 is 2.56 bits per heavy atom. The van der Waals surface area contributed by atoms with E-state index in [2.05, 4.69) is 15.5 Å². The van der Waals surface area contributed by atoms with E-state index in [-0.39, 0.29) is 17.7 Å². The van der Waals surface area contributed by atoms with E-state index in [9.17, 15) is 9.59 Å². The first-order chi connectivity index (χ1) is 12.2. The summed E-state index contributed by atoms with van der Waals surface area (Å²) in [6.07, 6.45) is 4.37. The summed E-state index contributed by atoms with van der Waals surface area (Å²) in [6.45, 7) is 3.57. The summed E-state index contributed by atoms with van der Waals surface area (Å²) in [5, 5.41) is 6.03. The van der Waals surface area contributed by atoms with E-state index in [1.54, 1.807) is 0 Å². The van der Waals surface area contributed by atoms with E-state index >= 15 is 0 Å². The fourth-order valence-electron chi connectivity index (χ4n) is 3.11. The molecule has 4 rings (SSSR count). The van der Waals surface area contributed by atoms with Gasteiger partial charge in [0.25, 0.3) is 5.91 Å². The van der Waals surface area contributed by atoms with Gasteiger partial charge in [-0.3, -0.25) is 9.59 Å². The molecule has 2 amide bonds. The van der Waals surface area contributed by atoms with Crippen molar-refractivity contribution < 1.29 is 14.3 Å². The molecule has 3 aliphatic rings. The van der Waals surface area contributed by atoms with Gasteiger partial charge < -0.3 is 20.3 Å². The lowest BCUT2D eigenvalue weighted by atomic mass is 10.1. The van der Waals surface area contributed by atoms with Crippen molar-refractivity contribution >= 4 is 23.2 Å². The number of anilines is 2. The molecule has 134 valence electrons. The maximum atomic E-state index is 12.6. The summed E-state index contributed by atoms with van der Waals surface area (Å²) in [4.78, 5) is 26.8. The molecular weight excluding hydrogens is 318 g/mol. The molecule has 3 fully saturated rings. The van der Waals surface area contributed by atoms with Crippen LogP contribution >= 0.6 is 0 Å². The molecule has 0 unspecified atom stereocenters. The first-order valence-corrected chi connectivity index (χ1v) is 9.26. The van der Waals surface area contributed by atoms with Crippen molar-refractivity contribution in [2.75, 3.05) is 43.1 Å². The lowest BCUT2D eigenvalue weighted by molar-refractivity contribution is -0.117. The number of nitrogens with one attached hydrogen (secondary N) is 2. The number of rotatable bonds is 6. The van der Waals surface area contributed by atoms with Crippen molar-refractivity contribution in [2.24, 2.45) is 11.8 Å². The minimum atomic E-state index is -0.0338. The Kier molecular flexibility index (Phi) is 4.61. The Morgan fingerprint density at radius 2 is 1.88 bits per heavy atom. The molecule has 2 aliphatic carbocycles. The molecule has 25 heavy (non-hydrogen) atoms. The third kappa shape index (κ3) is 4.12. The molecule has 0 radical (unpaired) electrons. The van der Waals surface area contributed by atoms with Gasteiger partial charge in [0.1, 0.15) is 0 Å². The molecule has 0 bridgehead atoms. The first kappa shape index (κ1) is 16.4. The molecule has 0 spiro atoms. The molecule has 0 aromatic heterocycles. The van der Waals surface area contributed by atoms with Crippen molar-refractivity contribution in [3.8, 4) is 0 Å². The predicted octanol–water partition coefficient (Wildman–Crippen LogP) is 2.01. The Balaban J connectivity index is 1.54. The minimum absolute atomic E-state index is 0.0338. The fraction of sp³-hybridized carbons (Fsp3) is 0.579. The Bertz CT molecular complexity index is 662. The highest BCUT2D eigenvalue weighted by Crippen LogP contribution is 2.32. The number of amides is 2. The number of hydrogen-bond acceptors (Lipinski definition) is 4. The smallest absolute Gasteiger partial charge is 0.253 e. The average Bonchev–Trinajstić information content (AvgIpc) is 3.53. The zero-order valence-corrected chi connectivity index (χ0v) is 14.4. The summed E-state index contributed by atoms with van der Waals surface area (Å²) in [7, 11) is 0. The monoisotopic (exact) mass is 343 g/mol. The molecule has 1 aliphatic heterocycles.